The number of carbonyl (C=O) groups is 1. The Bertz CT molecular complexity index is 890. The molecule has 0 radical (unpaired) electrons. The van der Waals surface area contributed by atoms with Crippen LogP contribution in [0.25, 0.3) is 10.2 Å². The SMILES string of the molecule is C[C@H]1CCc2c(sc3ncn(CC(=O)N4C[C@@H](C)C[C@H](C)C4)c(=O)c23)C1. The van der Waals surface area contributed by atoms with E-state index in [9.17, 15) is 9.59 Å². The zero-order chi connectivity index (χ0) is 18.4. The Kier molecular flexibility index (Phi) is 4.63. The van der Waals surface area contributed by atoms with E-state index in [1.54, 1.807) is 17.7 Å². The highest BCUT2D eigenvalue weighted by molar-refractivity contribution is 7.18. The molecule has 1 saturated heterocycles. The van der Waals surface area contributed by atoms with Crippen LogP contribution >= 0.6 is 11.3 Å². The molecule has 0 spiro atoms. The average molecular weight is 374 g/mol. The van der Waals surface area contributed by atoms with Crippen molar-refractivity contribution < 1.29 is 4.79 Å². The van der Waals surface area contributed by atoms with E-state index in [-0.39, 0.29) is 18.0 Å². The van der Waals surface area contributed by atoms with Crippen LogP contribution in [0.4, 0.5) is 0 Å². The van der Waals surface area contributed by atoms with Gasteiger partial charge in [0.1, 0.15) is 11.4 Å². The molecule has 3 atom stereocenters. The fraction of sp³-hybridized carbons (Fsp3) is 0.650. The van der Waals surface area contributed by atoms with E-state index in [0.717, 1.165) is 49.0 Å². The van der Waals surface area contributed by atoms with Crippen LogP contribution in [0.2, 0.25) is 0 Å². The Balaban J connectivity index is 1.62. The first-order valence-electron chi connectivity index (χ1n) is 9.69. The molecule has 0 unspecified atom stereocenters. The molecule has 6 heteroatoms. The van der Waals surface area contributed by atoms with Gasteiger partial charge in [-0.3, -0.25) is 14.2 Å². The number of hydrogen-bond acceptors (Lipinski definition) is 4. The van der Waals surface area contributed by atoms with Crippen molar-refractivity contribution in [1.29, 1.82) is 0 Å². The Morgan fingerprint density at radius 3 is 2.69 bits per heavy atom. The fourth-order valence-electron chi connectivity index (χ4n) is 4.59. The molecule has 1 amide bonds. The standard InChI is InChI=1S/C20H27N3O2S/c1-12-4-5-15-16(7-12)26-19-18(15)20(25)23(11-21-19)10-17(24)22-8-13(2)6-14(3)9-22/h11-14H,4-10H2,1-3H3/t12-,13-,14-/m0/s1. The van der Waals surface area contributed by atoms with Gasteiger partial charge in [0.05, 0.1) is 11.7 Å². The number of hydrogen-bond donors (Lipinski definition) is 0. The molecule has 2 aromatic heterocycles. The third kappa shape index (κ3) is 3.20. The van der Waals surface area contributed by atoms with Crippen LogP contribution < -0.4 is 5.56 Å². The van der Waals surface area contributed by atoms with Gasteiger partial charge < -0.3 is 4.90 Å². The van der Waals surface area contributed by atoms with Crippen LogP contribution in [-0.2, 0) is 24.2 Å². The van der Waals surface area contributed by atoms with Crippen molar-refractivity contribution >= 4 is 27.5 Å². The molecule has 140 valence electrons. The monoisotopic (exact) mass is 373 g/mol. The van der Waals surface area contributed by atoms with E-state index in [1.807, 2.05) is 4.90 Å². The molecule has 1 aliphatic heterocycles. The summed E-state index contributed by atoms with van der Waals surface area (Å²) >= 11 is 1.65. The third-order valence-electron chi connectivity index (χ3n) is 5.81. The van der Waals surface area contributed by atoms with Crippen molar-refractivity contribution in [1.82, 2.24) is 14.5 Å². The Hall–Kier alpha value is -1.69. The zero-order valence-corrected chi connectivity index (χ0v) is 16.6. The van der Waals surface area contributed by atoms with Crippen LogP contribution in [0.1, 0.15) is 44.1 Å². The summed E-state index contributed by atoms with van der Waals surface area (Å²) in [6.07, 6.45) is 5.84. The summed E-state index contributed by atoms with van der Waals surface area (Å²) in [4.78, 5) is 34.4. The number of aryl methyl sites for hydroxylation is 1. The maximum Gasteiger partial charge on any atom is 0.262 e. The number of aromatic nitrogens is 2. The van der Waals surface area contributed by atoms with Gasteiger partial charge in [0, 0.05) is 18.0 Å². The number of carbonyl (C=O) groups excluding carboxylic acids is 1. The van der Waals surface area contributed by atoms with E-state index < -0.39 is 0 Å². The second kappa shape index (κ2) is 6.80. The van der Waals surface area contributed by atoms with Crippen LogP contribution in [-0.4, -0.2) is 33.4 Å². The maximum atomic E-state index is 13.0. The first-order valence-corrected chi connectivity index (χ1v) is 10.5. The number of rotatable bonds is 2. The predicted octanol–water partition coefficient (Wildman–Crippen LogP) is 3.09. The van der Waals surface area contributed by atoms with E-state index in [0.29, 0.717) is 17.8 Å². The summed E-state index contributed by atoms with van der Waals surface area (Å²) in [5, 5.41) is 0.757. The largest absolute Gasteiger partial charge is 0.341 e. The van der Waals surface area contributed by atoms with Crippen LogP contribution in [0.5, 0.6) is 0 Å². The molecule has 0 aromatic carbocycles. The molecule has 2 aromatic rings. The molecular formula is C20H27N3O2S. The minimum atomic E-state index is -0.0477. The Morgan fingerprint density at radius 2 is 1.96 bits per heavy atom. The topological polar surface area (TPSA) is 55.2 Å². The van der Waals surface area contributed by atoms with Gasteiger partial charge in [-0.05, 0) is 49.0 Å². The second-order valence-electron chi connectivity index (χ2n) is 8.45. The van der Waals surface area contributed by atoms with Crippen LogP contribution in [0.15, 0.2) is 11.1 Å². The summed E-state index contributed by atoms with van der Waals surface area (Å²) in [6.45, 7) is 8.32. The number of thiophene rings is 1. The van der Waals surface area contributed by atoms with Crippen molar-refractivity contribution in [2.75, 3.05) is 13.1 Å². The molecule has 26 heavy (non-hydrogen) atoms. The molecule has 5 nitrogen and oxygen atoms in total. The number of likely N-dealkylation sites (tertiary alicyclic amines) is 1. The Labute approximate surface area is 158 Å². The van der Waals surface area contributed by atoms with Crippen molar-refractivity contribution in [3.8, 4) is 0 Å². The van der Waals surface area contributed by atoms with E-state index >= 15 is 0 Å². The van der Waals surface area contributed by atoms with Crippen molar-refractivity contribution in [2.45, 2.75) is 53.0 Å². The predicted molar refractivity (Wildman–Crippen MR) is 105 cm³/mol. The Morgan fingerprint density at radius 1 is 1.23 bits per heavy atom. The molecule has 0 N–H and O–H groups in total. The number of amides is 1. The van der Waals surface area contributed by atoms with E-state index in [4.69, 9.17) is 0 Å². The number of piperidine rings is 1. The van der Waals surface area contributed by atoms with E-state index in [2.05, 4.69) is 25.8 Å². The van der Waals surface area contributed by atoms with Gasteiger partial charge in [-0.1, -0.05) is 20.8 Å². The molecule has 4 rings (SSSR count). The van der Waals surface area contributed by atoms with Crippen LogP contribution in [0.3, 0.4) is 0 Å². The molecule has 0 bridgehead atoms. The van der Waals surface area contributed by atoms with Gasteiger partial charge in [0.2, 0.25) is 5.91 Å². The number of fused-ring (bicyclic) bond motifs is 3. The molecule has 3 heterocycles. The van der Waals surface area contributed by atoms with Gasteiger partial charge in [-0.2, -0.15) is 0 Å². The molecule has 1 aliphatic carbocycles. The van der Waals surface area contributed by atoms with E-state index in [1.165, 1.54) is 15.0 Å². The van der Waals surface area contributed by atoms with Crippen molar-refractivity contribution in [3.05, 3.63) is 27.1 Å². The smallest absolute Gasteiger partial charge is 0.262 e. The normalized spacial score (nSPS) is 26.1. The van der Waals surface area contributed by atoms with Gasteiger partial charge in [-0.15, -0.1) is 11.3 Å². The van der Waals surface area contributed by atoms with Gasteiger partial charge >= 0.3 is 0 Å². The lowest BCUT2D eigenvalue weighted by molar-refractivity contribution is -0.134. The van der Waals surface area contributed by atoms with Gasteiger partial charge in [0.15, 0.2) is 0 Å². The summed E-state index contributed by atoms with van der Waals surface area (Å²) in [6, 6.07) is 0. The maximum absolute atomic E-state index is 13.0. The minimum absolute atomic E-state index is 0.0318. The lowest BCUT2D eigenvalue weighted by Crippen LogP contribution is -2.44. The zero-order valence-electron chi connectivity index (χ0n) is 15.8. The summed E-state index contributed by atoms with van der Waals surface area (Å²) < 4.78 is 1.51. The summed E-state index contributed by atoms with van der Waals surface area (Å²) in [5.74, 6) is 1.74. The highest BCUT2D eigenvalue weighted by Crippen LogP contribution is 2.35. The summed E-state index contributed by atoms with van der Waals surface area (Å²) in [5.41, 5.74) is 1.14. The van der Waals surface area contributed by atoms with Gasteiger partial charge in [0.25, 0.3) is 5.56 Å². The highest BCUT2D eigenvalue weighted by Gasteiger charge is 2.27. The summed E-state index contributed by atoms with van der Waals surface area (Å²) in [7, 11) is 0. The third-order valence-corrected chi connectivity index (χ3v) is 6.97. The van der Waals surface area contributed by atoms with Gasteiger partial charge in [-0.25, -0.2) is 4.98 Å². The first-order chi connectivity index (χ1) is 12.4. The highest BCUT2D eigenvalue weighted by atomic mass is 32.1. The fourth-order valence-corrected chi connectivity index (χ4v) is 5.93. The quantitative estimate of drug-likeness (QED) is 0.813. The molecule has 1 fully saturated rings. The van der Waals surface area contributed by atoms with Crippen LogP contribution in [0, 0.1) is 17.8 Å². The molecular weight excluding hydrogens is 346 g/mol. The molecule has 0 saturated carbocycles. The average Bonchev–Trinajstić information content (AvgIpc) is 2.94. The lowest BCUT2D eigenvalue weighted by atomic mass is 9.89. The van der Waals surface area contributed by atoms with Crippen molar-refractivity contribution in [2.24, 2.45) is 17.8 Å². The molecule has 2 aliphatic rings. The number of nitrogens with zero attached hydrogens (tertiary/aromatic N) is 3. The first kappa shape index (κ1) is 17.7. The second-order valence-corrected chi connectivity index (χ2v) is 9.54. The minimum Gasteiger partial charge on any atom is -0.341 e. The van der Waals surface area contributed by atoms with Crippen molar-refractivity contribution in [3.63, 3.8) is 0 Å². The lowest BCUT2D eigenvalue weighted by Gasteiger charge is -2.35.